The lowest BCUT2D eigenvalue weighted by atomic mass is 10.2. The van der Waals surface area contributed by atoms with Crippen molar-refractivity contribution in [3.63, 3.8) is 0 Å². The molecule has 0 saturated carbocycles. The first kappa shape index (κ1) is 14.7. The molecule has 0 saturated heterocycles. The summed E-state index contributed by atoms with van der Waals surface area (Å²) in [5, 5.41) is 9.55. The van der Waals surface area contributed by atoms with Gasteiger partial charge in [-0.15, -0.1) is 10.2 Å². The van der Waals surface area contributed by atoms with E-state index in [1.807, 2.05) is 36.4 Å². The topological polar surface area (TPSA) is 53.1 Å². The van der Waals surface area contributed by atoms with Crippen molar-refractivity contribution in [2.45, 2.75) is 18.6 Å². The van der Waals surface area contributed by atoms with Gasteiger partial charge in [0.15, 0.2) is 11.0 Å². The van der Waals surface area contributed by atoms with E-state index < -0.39 is 0 Å². The van der Waals surface area contributed by atoms with Gasteiger partial charge in [-0.3, -0.25) is 4.57 Å². The number of ether oxygens (including phenoxy) is 1. The zero-order chi connectivity index (χ0) is 15.4. The zero-order valence-corrected chi connectivity index (χ0v) is 13.3. The minimum Gasteiger partial charge on any atom is -0.497 e. The molecular formula is C16H17N3O2S. The van der Waals surface area contributed by atoms with Crippen LogP contribution in [0.5, 0.6) is 5.75 Å². The minimum absolute atomic E-state index is 0.615. The number of benzene rings is 1. The Labute approximate surface area is 133 Å². The van der Waals surface area contributed by atoms with Crippen molar-refractivity contribution in [3.8, 4) is 17.1 Å². The molecule has 0 spiro atoms. The van der Waals surface area contributed by atoms with Crippen LogP contribution in [0.4, 0.5) is 0 Å². The Morgan fingerprint density at radius 2 is 2.00 bits per heavy atom. The number of hydrogen-bond donors (Lipinski definition) is 0. The molecule has 0 aliphatic rings. The molecule has 0 fully saturated rings. The molecule has 5 nitrogen and oxygen atoms in total. The molecule has 6 heteroatoms. The molecule has 0 amide bonds. The molecule has 22 heavy (non-hydrogen) atoms. The van der Waals surface area contributed by atoms with Gasteiger partial charge in [0.2, 0.25) is 0 Å². The first-order valence-electron chi connectivity index (χ1n) is 7.04. The normalized spacial score (nSPS) is 10.8. The van der Waals surface area contributed by atoms with E-state index in [4.69, 9.17) is 9.15 Å². The summed E-state index contributed by atoms with van der Waals surface area (Å²) in [5.74, 6) is 3.48. The average molecular weight is 315 g/mol. The van der Waals surface area contributed by atoms with Crippen molar-refractivity contribution in [1.82, 2.24) is 14.8 Å². The monoisotopic (exact) mass is 315 g/mol. The molecule has 0 aliphatic heterocycles. The Morgan fingerprint density at radius 1 is 1.18 bits per heavy atom. The summed E-state index contributed by atoms with van der Waals surface area (Å²) < 4.78 is 12.7. The SMILES string of the molecule is CCSc1nnc(-c2ccc(OC)cc2)n1Cc1ccco1. The summed E-state index contributed by atoms with van der Waals surface area (Å²) in [5.41, 5.74) is 1.00. The maximum atomic E-state index is 5.46. The average Bonchev–Trinajstić information content (AvgIpc) is 3.19. The summed E-state index contributed by atoms with van der Waals surface area (Å²) in [4.78, 5) is 0. The third-order valence-corrected chi connectivity index (χ3v) is 4.08. The number of methoxy groups -OCH3 is 1. The Morgan fingerprint density at radius 3 is 2.64 bits per heavy atom. The summed E-state index contributed by atoms with van der Waals surface area (Å²) in [6.07, 6.45) is 1.68. The van der Waals surface area contributed by atoms with Crippen molar-refractivity contribution in [3.05, 3.63) is 48.4 Å². The van der Waals surface area contributed by atoms with Crippen molar-refractivity contribution in [1.29, 1.82) is 0 Å². The quantitative estimate of drug-likeness (QED) is 0.649. The van der Waals surface area contributed by atoms with Crippen LogP contribution in [0.3, 0.4) is 0 Å². The fraction of sp³-hybridized carbons (Fsp3) is 0.250. The van der Waals surface area contributed by atoms with Gasteiger partial charge in [-0.05, 0) is 42.2 Å². The van der Waals surface area contributed by atoms with Crippen LogP contribution in [-0.2, 0) is 6.54 Å². The third-order valence-electron chi connectivity index (χ3n) is 3.23. The highest BCUT2D eigenvalue weighted by Crippen LogP contribution is 2.26. The van der Waals surface area contributed by atoms with E-state index in [9.17, 15) is 0 Å². The van der Waals surface area contributed by atoms with Crippen LogP contribution in [0.2, 0.25) is 0 Å². The number of thioether (sulfide) groups is 1. The summed E-state index contributed by atoms with van der Waals surface area (Å²) >= 11 is 1.67. The van der Waals surface area contributed by atoms with Gasteiger partial charge in [0, 0.05) is 5.56 Å². The standard InChI is InChI=1S/C16H17N3O2S/c1-3-22-16-18-17-15(12-6-8-13(20-2)9-7-12)19(16)11-14-5-4-10-21-14/h4-10H,3,11H2,1-2H3. The van der Waals surface area contributed by atoms with E-state index in [0.717, 1.165) is 33.8 Å². The number of hydrogen-bond acceptors (Lipinski definition) is 5. The third kappa shape index (κ3) is 3.01. The van der Waals surface area contributed by atoms with Crippen molar-refractivity contribution in [2.75, 3.05) is 12.9 Å². The molecule has 2 aromatic heterocycles. The Kier molecular flexibility index (Phi) is 4.48. The first-order chi connectivity index (χ1) is 10.8. The number of rotatable bonds is 6. The van der Waals surface area contributed by atoms with Gasteiger partial charge in [0.25, 0.3) is 0 Å². The molecule has 3 rings (SSSR count). The van der Waals surface area contributed by atoms with E-state index in [2.05, 4.69) is 21.7 Å². The van der Waals surface area contributed by atoms with E-state index in [0.29, 0.717) is 6.54 Å². The van der Waals surface area contributed by atoms with E-state index in [1.165, 1.54) is 0 Å². The molecule has 0 aliphatic carbocycles. The predicted octanol–water partition coefficient (Wildman–Crippen LogP) is 3.71. The van der Waals surface area contributed by atoms with Gasteiger partial charge in [-0.25, -0.2) is 0 Å². The number of furan rings is 1. The number of aromatic nitrogens is 3. The fourth-order valence-corrected chi connectivity index (χ4v) is 2.84. The predicted molar refractivity (Wildman–Crippen MR) is 86.2 cm³/mol. The highest BCUT2D eigenvalue weighted by molar-refractivity contribution is 7.99. The van der Waals surface area contributed by atoms with Gasteiger partial charge >= 0.3 is 0 Å². The lowest BCUT2D eigenvalue weighted by molar-refractivity contribution is 0.415. The molecule has 0 radical (unpaired) electrons. The largest absolute Gasteiger partial charge is 0.497 e. The van der Waals surface area contributed by atoms with E-state index in [-0.39, 0.29) is 0 Å². The van der Waals surface area contributed by atoms with Crippen molar-refractivity contribution < 1.29 is 9.15 Å². The smallest absolute Gasteiger partial charge is 0.191 e. The molecule has 0 atom stereocenters. The lowest BCUT2D eigenvalue weighted by Crippen LogP contribution is -2.03. The van der Waals surface area contributed by atoms with Gasteiger partial charge in [-0.1, -0.05) is 18.7 Å². The van der Waals surface area contributed by atoms with Gasteiger partial charge in [-0.2, -0.15) is 0 Å². The van der Waals surface area contributed by atoms with Crippen molar-refractivity contribution >= 4 is 11.8 Å². The van der Waals surface area contributed by atoms with Crippen LogP contribution < -0.4 is 4.74 Å². The molecular weight excluding hydrogens is 298 g/mol. The maximum absolute atomic E-state index is 5.46. The molecule has 3 aromatic rings. The van der Waals surface area contributed by atoms with E-state index in [1.54, 1.807) is 25.1 Å². The number of nitrogens with zero attached hydrogens (tertiary/aromatic N) is 3. The van der Waals surface area contributed by atoms with Gasteiger partial charge < -0.3 is 9.15 Å². The molecule has 0 N–H and O–H groups in total. The van der Waals surface area contributed by atoms with E-state index >= 15 is 0 Å². The minimum atomic E-state index is 0.615. The second kappa shape index (κ2) is 6.70. The molecule has 0 bridgehead atoms. The molecule has 114 valence electrons. The molecule has 0 unspecified atom stereocenters. The second-order valence-corrected chi connectivity index (χ2v) is 5.86. The maximum Gasteiger partial charge on any atom is 0.191 e. The van der Waals surface area contributed by atoms with Crippen LogP contribution >= 0.6 is 11.8 Å². The molecule has 2 heterocycles. The lowest BCUT2D eigenvalue weighted by Gasteiger charge is -2.08. The molecule has 1 aromatic carbocycles. The highest BCUT2D eigenvalue weighted by Gasteiger charge is 2.15. The van der Waals surface area contributed by atoms with Crippen LogP contribution in [0.25, 0.3) is 11.4 Å². The summed E-state index contributed by atoms with van der Waals surface area (Å²) in [6, 6.07) is 11.7. The summed E-state index contributed by atoms with van der Waals surface area (Å²) in [6.45, 7) is 2.72. The first-order valence-corrected chi connectivity index (χ1v) is 8.03. The van der Waals surface area contributed by atoms with Crippen LogP contribution in [0.1, 0.15) is 12.7 Å². The van der Waals surface area contributed by atoms with Crippen LogP contribution in [-0.4, -0.2) is 27.6 Å². The zero-order valence-electron chi connectivity index (χ0n) is 12.5. The van der Waals surface area contributed by atoms with Gasteiger partial charge in [0.1, 0.15) is 11.5 Å². The van der Waals surface area contributed by atoms with Crippen molar-refractivity contribution in [2.24, 2.45) is 0 Å². The van der Waals surface area contributed by atoms with Crippen LogP contribution in [0.15, 0.2) is 52.2 Å². The Balaban J connectivity index is 1.98. The highest BCUT2D eigenvalue weighted by atomic mass is 32.2. The second-order valence-electron chi connectivity index (χ2n) is 4.63. The van der Waals surface area contributed by atoms with Gasteiger partial charge in [0.05, 0.1) is 19.9 Å². The summed E-state index contributed by atoms with van der Waals surface area (Å²) in [7, 11) is 1.66. The van der Waals surface area contributed by atoms with Crippen LogP contribution in [0, 0.1) is 0 Å². The Bertz CT molecular complexity index is 720. The fourth-order valence-electron chi connectivity index (χ4n) is 2.18. The Hall–Kier alpha value is -2.21.